The normalized spacial score (nSPS) is 24.5. The lowest BCUT2D eigenvalue weighted by Crippen LogP contribution is -2.51. The minimum Gasteiger partial charge on any atom is -0.377 e. The van der Waals surface area contributed by atoms with Crippen LogP contribution in [-0.2, 0) is 4.74 Å². The van der Waals surface area contributed by atoms with Crippen LogP contribution in [0.2, 0.25) is 0 Å². The number of likely N-dealkylation sites (tertiary alicyclic amines) is 1. The lowest BCUT2D eigenvalue weighted by Gasteiger charge is -2.40. The van der Waals surface area contributed by atoms with Gasteiger partial charge in [0.2, 0.25) is 0 Å². The average Bonchev–Trinajstić information content (AvgIpc) is 1.98. The summed E-state index contributed by atoms with van der Waals surface area (Å²) >= 11 is 0. The highest BCUT2D eigenvalue weighted by molar-refractivity contribution is 4.82. The van der Waals surface area contributed by atoms with Crippen LogP contribution in [0.15, 0.2) is 0 Å². The second kappa shape index (κ2) is 4.77. The van der Waals surface area contributed by atoms with Crippen LogP contribution in [0, 0.1) is 0 Å². The van der Waals surface area contributed by atoms with Crippen LogP contribution in [0.4, 0.5) is 4.39 Å². The molecular weight excluding hydrogens is 157 g/mol. The van der Waals surface area contributed by atoms with Crippen molar-refractivity contribution in [3.8, 4) is 0 Å². The summed E-state index contributed by atoms with van der Waals surface area (Å²) < 4.78 is 17.4. The van der Waals surface area contributed by atoms with Crippen molar-refractivity contribution < 1.29 is 9.13 Å². The van der Waals surface area contributed by atoms with Crippen LogP contribution in [0.5, 0.6) is 0 Å². The third-order valence-electron chi connectivity index (χ3n) is 2.26. The summed E-state index contributed by atoms with van der Waals surface area (Å²) in [7, 11) is 0. The van der Waals surface area contributed by atoms with E-state index < -0.39 is 0 Å². The lowest BCUT2D eigenvalue weighted by atomic mass is 10.0. The van der Waals surface area contributed by atoms with Crippen molar-refractivity contribution in [3.05, 3.63) is 0 Å². The predicted molar refractivity (Wildman–Crippen MR) is 47.0 cm³/mol. The maximum absolute atomic E-state index is 12.0. The van der Waals surface area contributed by atoms with Gasteiger partial charge >= 0.3 is 0 Å². The van der Waals surface area contributed by atoms with E-state index in [2.05, 4.69) is 4.90 Å². The fraction of sp³-hybridized carbons (Fsp3) is 1.00. The van der Waals surface area contributed by atoms with E-state index in [0.29, 0.717) is 12.6 Å². The Morgan fingerprint density at radius 3 is 2.75 bits per heavy atom. The molecule has 12 heavy (non-hydrogen) atoms. The van der Waals surface area contributed by atoms with Crippen molar-refractivity contribution in [3.63, 3.8) is 0 Å². The van der Waals surface area contributed by atoms with Crippen LogP contribution in [0.1, 0.15) is 20.3 Å². The van der Waals surface area contributed by atoms with Crippen molar-refractivity contribution in [1.29, 1.82) is 0 Å². The first-order valence-electron chi connectivity index (χ1n) is 4.65. The Labute approximate surface area is 73.7 Å². The predicted octanol–water partition coefficient (Wildman–Crippen LogP) is 1.46. The van der Waals surface area contributed by atoms with Crippen molar-refractivity contribution in [2.24, 2.45) is 0 Å². The molecule has 1 aliphatic rings. The van der Waals surface area contributed by atoms with Gasteiger partial charge in [0, 0.05) is 19.1 Å². The fourth-order valence-corrected chi connectivity index (χ4v) is 1.39. The Bertz CT molecular complexity index is 130. The highest BCUT2D eigenvalue weighted by Crippen LogP contribution is 2.17. The number of halogens is 1. The molecule has 1 rings (SSSR count). The molecule has 0 aliphatic carbocycles. The first kappa shape index (κ1) is 9.93. The van der Waals surface area contributed by atoms with Crippen molar-refractivity contribution >= 4 is 0 Å². The van der Waals surface area contributed by atoms with E-state index in [4.69, 9.17) is 4.74 Å². The third-order valence-corrected chi connectivity index (χ3v) is 2.26. The lowest BCUT2D eigenvalue weighted by molar-refractivity contribution is -0.0189. The third kappa shape index (κ3) is 2.72. The van der Waals surface area contributed by atoms with Crippen molar-refractivity contribution in [2.75, 3.05) is 26.4 Å². The maximum Gasteiger partial charge on any atom is 0.102 e. The monoisotopic (exact) mass is 175 g/mol. The van der Waals surface area contributed by atoms with E-state index in [1.54, 1.807) is 0 Å². The SMILES string of the molecule is CC(C)OC[C@H]1CCN1CCF. The number of ether oxygens (including phenoxy) is 1. The van der Waals surface area contributed by atoms with Crippen LogP contribution < -0.4 is 0 Å². The number of hydrogen-bond acceptors (Lipinski definition) is 2. The second-order valence-electron chi connectivity index (χ2n) is 3.55. The van der Waals surface area contributed by atoms with E-state index >= 15 is 0 Å². The zero-order chi connectivity index (χ0) is 8.97. The Balaban J connectivity index is 2.08. The summed E-state index contributed by atoms with van der Waals surface area (Å²) in [4.78, 5) is 2.14. The van der Waals surface area contributed by atoms with E-state index in [1.165, 1.54) is 0 Å². The topological polar surface area (TPSA) is 12.5 Å². The van der Waals surface area contributed by atoms with Gasteiger partial charge in [-0.15, -0.1) is 0 Å². The molecule has 2 nitrogen and oxygen atoms in total. The molecule has 0 spiro atoms. The molecule has 0 aromatic heterocycles. The Hall–Kier alpha value is -0.150. The van der Waals surface area contributed by atoms with Crippen molar-refractivity contribution in [2.45, 2.75) is 32.4 Å². The van der Waals surface area contributed by atoms with Gasteiger partial charge in [-0.2, -0.15) is 0 Å². The molecule has 3 heteroatoms. The minimum absolute atomic E-state index is 0.238. The van der Waals surface area contributed by atoms with E-state index in [9.17, 15) is 4.39 Å². The summed E-state index contributed by atoms with van der Waals surface area (Å²) in [5, 5.41) is 0. The van der Waals surface area contributed by atoms with Gasteiger partial charge < -0.3 is 4.74 Å². The van der Waals surface area contributed by atoms with E-state index in [1.807, 2.05) is 13.8 Å². The molecule has 72 valence electrons. The zero-order valence-corrected chi connectivity index (χ0v) is 7.92. The smallest absolute Gasteiger partial charge is 0.102 e. The number of nitrogens with zero attached hydrogens (tertiary/aromatic N) is 1. The Kier molecular flexibility index (Phi) is 3.95. The first-order valence-corrected chi connectivity index (χ1v) is 4.65. The molecule has 0 amide bonds. The highest BCUT2D eigenvalue weighted by atomic mass is 19.1. The molecule has 1 saturated heterocycles. The van der Waals surface area contributed by atoms with Crippen LogP contribution in [-0.4, -0.2) is 43.4 Å². The Morgan fingerprint density at radius 2 is 2.33 bits per heavy atom. The Morgan fingerprint density at radius 1 is 1.58 bits per heavy atom. The number of rotatable bonds is 5. The summed E-state index contributed by atoms with van der Waals surface area (Å²) in [6.45, 7) is 6.19. The molecular formula is C9H18FNO. The number of alkyl halides is 1. The molecule has 0 aromatic rings. The number of hydrogen-bond donors (Lipinski definition) is 0. The minimum atomic E-state index is -0.238. The van der Waals surface area contributed by atoms with Crippen molar-refractivity contribution in [1.82, 2.24) is 4.90 Å². The van der Waals surface area contributed by atoms with Gasteiger partial charge in [0.1, 0.15) is 6.67 Å². The molecule has 0 bridgehead atoms. The average molecular weight is 175 g/mol. The van der Waals surface area contributed by atoms with Gasteiger partial charge in [-0.3, -0.25) is 4.90 Å². The molecule has 0 aromatic carbocycles. The highest BCUT2D eigenvalue weighted by Gasteiger charge is 2.27. The quantitative estimate of drug-likeness (QED) is 0.627. The van der Waals surface area contributed by atoms with Crippen LogP contribution in [0.25, 0.3) is 0 Å². The van der Waals surface area contributed by atoms with Crippen LogP contribution >= 0.6 is 0 Å². The molecule has 0 saturated carbocycles. The van der Waals surface area contributed by atoms with Gasteiger partial charge in [-0.05, 0) is 20.3 Å². The largest absolute Gasteiger partial charge is 0.377 e. The maximum atomic E-state index is 12.0. The molecule has 1 aliphatic heterocycles. The van der Waals surface area contributed by atoms with E-state index in [0.717, 1.165) is 19.6 Å². The molecule has 0 radical (unpaired) electrons. The van der Waals surface area contributed by atoms with Gasteiger partial charge in [-0.25, -0.2) is 4.39 Å². The summed E-state index contributed by atoms with van der Waals surface area (Å²) in [5.41, 5.74) is 0. The van der Waals surface area contributed by atoms with Gasteiger partial charge in [0.05, 0.1) is 12.7 Å². The molecule has 1 atom stereocenters. The standard InChI is InChI=1S/C9H18FNO/c1-8(2)12-7-9-3-5-11(9)6-4-10/h8-9H,3-7H2,1-2H3/t9-/m1/s1. The summed E-state index contributed by atoms with van der Waals surface area (Å²) in [6, 6.07) is 0.475. The van der Waals surface area contributed by atoms with Gasteiger partial charge in [0.25, 0.3) is 0 Å². The zero-order valence-electron chi connectivity index (χ0n) is 7.92. The van der Waals surface area contributed by atoms with Gasteiger partial charge in [-0.1, -0.05) is 0 Å². The molecule has 0 unspecified atom stereocenters. The van der Waals surface area contributed by atoms with E-state index in [-0.39, 0.29) is 12.8 Å². The summed E-state index contributed by atoms with van der Waals surface area (Å²) in [6.07, 6.45) is 1.45. The molecule has 1 heterocycles. The first-order chi connectivity index (χ1) is 5.74. The second-order valence-corrected chi connectivity index (χ2v) is 3.55. The fourth-order valence-electron chi connectivity index (χ4n) is 1.39. The van der Waals surface area contributed by atoms with Crippen LogP contribution in [0.3, 0.4) is 0 Å². The summed E-state index contributed by atoms with van der Waals surface area (Å²) in [5.74, 6) is 0. The van der Waals surface area contributed by atoms with Gasteiger partial charge in [0.15, 0.2) is 0 Å². The molecule has 0 N–H and O–H groups in total. The molecule has 1 fully saturated rings.